The molecule has 6 N–H and O–H groups in total. The molecule has 1 unspecified atom stereocenters. The molecule has 1 aromatic rings. The van der Waals surface area contributed by atoms with Gasteiger partial charge in [-0.15, -0.1) is 0 Å². The molecular weight excluding hydrogens is 308 g/mol. The zero-order valence-corrected chi connectivity index (χ0v) is 15.8. The minimum atomic E-state index is 0.0507. The van der Waals surface area contributed by atoms with Crippen molar-refractivity contribution in [2.75, 3.05) is 32.7 Å². The van der Waals surface area contributed by atoms with E-state index in [0.717, 1.165) is 45.6 Å². The average molecular weight is 345 g/mol. The normalized spacial score (nSPS) is 12.6. The first-order valence-electron chi connectivity index (χ1n) is 9.46. The van der Waals surface area contributed by atoms with E-state index in [9.17, 15) is 0 Å². The smallest absolute Gasteiger partial charge is 0.0313 e. The highest BCUT2D eigenvalue weighted by Crippen LogP contribution is 2.23. The number of unbranched alkanes of at least 4 members (excludes halogenated alkanes) is 1. The van der Waals surface area contributed by atoms with Crippen molar-refractivity contribution < 1.29 is 0 Å². The van der Waals surface area contributed by atoms with Gasteiger partial charge >= 0.3 is 0 Å². The highest BCUT2D eigenvalue weighted by atomic mass is 14.9. The van der Waals surface area contributed by atoms with Crippen LogP contribution in [0.25, 0.3) is 6.08 Å². The number of nitrogens with one attached hydrogen (secondary N) is 2. The molecule has 1 rings (SSSR count). The van der Waals surface area contributed by atoms with Crippen LogP contribution in [0, 0.1) is 6.92 Å². The summed E-state index contributed by atoms with van der Waals surface area (Å²) in [6, 6.07) is 6.39. The SMILES string of the molecule is C=C/C=C\c1c(C)cccc1C(N)CCNCCCCNCCCN. The van der Waals surface area contributed by atoms with E-state index in [-0.39, 0.29) is 6.04 Å². The molecule has 140 valence electrons. The lowest BCUT2D eigenvalue weighted by atomic mass is 9.94. The second kappa shape index (κ2) is 13.8. The number of allylic oxidation sites excluding steroid dienone is 2. The van der Waals surface area contributed by atoms with Gasteiger partial charge in [0.05, 0.1) is 0 Å². The molecule has 25 heavy (non-hydrogen) atoms. The molecule has 4 heteroatoms. The molecule has 0 saturated heterocycles. The van der Waals surface area contributed by atoms with Gasteiger partial charge in [0.15, 0.2) is 0 Å². The quantitative estimate of drug-likeness (QED) is 0.309. The molecule has 0 heterocycles. The average Bonchev–Trinajstić information content (AvgIpc) is 2.62. The molecule has 1 aromatic carbocycles. The number of aryl methyl sites for hydroxylation is 1. The predicted octanol–water partition coefficient (Wildman–Crippen LogP) is 2.89. The van der Waals surface area contributed by atoms with Crippen LogP contribution in [0.2, 0.25) is 0 Å². The van der Waals surface area contributed by atoms with Crippen molar-refractivity contribution in [1.29, 1.82) is 0 Å². The second-order valence-corrected chi connectivity index (χ2v) is 6.42. The third-order valence-corrected chi connectivity index (χ3v) is 4.30. The van der Waals surface area contributed by atoms with E-state index in [1.807, 2.05) is 6.08 Å². The van der Waals surface area contributed by atoms with Crippen LogP contribution in [0.5, 0.6) is 0 Å². The lowest BCUT2D eigenvalue weighted by Crippen LogP contribution is -2.24. The first-order valence-corrected chi connectivity index (χ1v) is 9.46. The Balaban J connectivity index is 2.27. The van der Waals surface area contributed by atoms with E-state index in [2.05, 4.69) is 48.4 Å². The first kappa shape index (κ1) is 21.6. The molecule has 0 saturated carbocycles. The van der Waals surface area contributed by atoms with Crippen molar-refractivity contribution in [3.8, 4) is 0 Å². The molecule has 4 nitrogen and oxygen atoms in total. The zero-order chi connectivity index (χ0) is 18.3. The summed E-state index contributed by atoms with van der Waals surface area (Å²) in [5.41, 5.74) is 15.6. The number of benzene rings is 1. The standard InChI is InChI=1S/C21H36N4/c1-3-4-10-19-18(2)9-7-11-20(19)21(23)12-17-25-15-6-5-14-24-16-8-13-22/h3-4,7,9-11,21,24-25H,1,5-6,8,12-17,22-23H2,2H3/b10-4-. The van der Waals surface area contributed by atoms with Gasteiger partial charge in [-0.05, 0) is 82.0 Å². The van der Waals surface area contributed by atoms with Crippen LogP contribution in [-0.4, -0.2) is 32.7 Å². The zero-order valence-electron chi connectivity index (χ0n) is 15.8. The maximum Gasteiger partial charge on any atom is 0.0313 e. The summed E-state index contributed by atoms with van der Waals surface area (Å²) in [5, 5.41) is 6.91. The van der Waals surface area contributed by atoms with Crippen molar-refractivity contribution in [2.45, 2.75) is 38.6 Å². The van der Waals surface area contributed by atoms with Gasteiger partial charge in [0.1, 0.15) is 0 Å². The Kier molecular flexibility index (Phi) is 11.9. The van der Waals surface area contributed by atoms with Crippen LogP contribution < -0.4 is 22.1 Å². The summed E-state index contributed by atoms with van der Waals surface area (Å²) in [5.74, 6) is 0. The van der Waals surface area contributed by atoms with E-state index in [0.29, 0.717) is 0 Å². The topological polar surface area (TPSA) is 76.1 Å². The fourth-order valence-electron chi connectivity index (χ4n) is 2.81. The molecule has 0 aromatic heterocycles. The van der Waals surface area contributed by atoms with Crippen molar-refractivity contribution in [3.63, 3.8) is 0 Å². The third-order valence-electron chi connectivity index (χ3n) is 4.30. The van der Waals surface area contributed by atoms with Gasteiger partial charge < -0.3 is 22.1 Å². The Morgan fingerprint density at radius 2 is 1.76 bits per heavy atom. The fraction of sp³-hybridized carbons (Fsp3) is 0.524. The van der Waals surface area contributed by atoms with Crippen molar-refractivity contribution >= 4 is 6.08 Å². The largest absolute Gasteiger partial charge is 0.330 e. The van der Waals surface area contributed by atoms with Crippen LogP contribution in [-0.2, 0) is 0 Å². The highest BCUT2D eigenvalue weighted by molar-refractivity contribution is 5.59. The fourth-order valence-corrected chi connectivity index (χ4v) is 2.81. The van der Waals surface area contributed by atoms with Crippen molar-refractivity contribution in [1.82, 2.24) is 10.6 Å². The number of nitrogens with two attached hydrogens (primary N) is 2. The molecule has 1 atom stereocenters. The maximum absolute atomic E-state index is 6.43. The Labute approximate surface area is 153 Å². The van der Waals surface area contributed by atoms with Gasteiger partial charge in [0, 0.05) is 6.04 Å². The summed E-state index contributed by atoms with van der Waals surface area (Å²) in [7, 11) is 0. The number of hydrogen-bond donors (Lipinski definition) is 4. The number of rotatable bonds is 14. The molecule has 0 bridgehead atoms. The molecule has 0 aliphatic heterocycles. The lowest BCUT2D eigenvalue weighted by Gasteiger charge is -2.17. The molecule has 0 spiro atoms. The van der Waals surface area contributed by atoms with Gasteiger partial charge in [0.25, 0.3) is 0 Å². The molecule has 0 radical (unpaired) electrons. The van der Waals surface area contributed by atoms with E-state index < -0.39 is 0 Å². The van der Waals surface area contributed by atoms with Gasteiger partial charge in [-0.25, -0.2) is 0 Å². The Hall–Kier alpha value is -1.46. The van der Waals surface area contributed by atoms with Crippen molar-refractivity contribution in [3.05, 3.63) is 53.6 Å². The highest BCUT2D eigenvalue weighted by Gasteiger charge is 2.10. The van der Waals surface area contributed by atoms with Crippen LogP contribution in [0.1, 0.15) is 48.4 Å². The third kappa shape index (κ3) is 8.98. The van der Waals surface area contributed by atoms with E-state index in [1.54, 1.807) is 6.08 Å². The molecule has 0 aliphatic carbocycles. The summed E-state index contributed by atoms with van der Waals surface area (Å²) in [4.78, 5) is 0. The van der Waals surface area contributed by atoms with Crippen LogP contribution in [0.4, 0.5) is 0 Å². The summed E-state index contributed by atoms with van der Waals surface area (Å²) in [6.07, 6.45) is 10.2. The van der Waals surface area contributed by atoms with Crippen LogP contribution in [0.3, 0.4) is 0 Å². The Morgan fingerprint density at radius 3 is 2.44 bits per heavy atom. The number of hydrogen-bond acceptors (Lipinski definition) is 4. The van der Waals surface area contributed by atoms with E-state index in [4.69, 9.17) is 11.5 Å². The summed E-state index contributed by atoms with van der Waals surface area (Å²) >= 11 is 0. The minimum Gasteiger partial charge on any atom is -0.330 e. The summed E-state index contributed by atoms with van der Waals surface area (Å²) < 4.78 is 0. The van der Waals surface area contributed by atoms with Gasteiger partial charge in [-0.3, -0.25) is 0 Å². The van der Waals surface area contributed by atoms with E-state index in [1.165, 1.54) is 29.5 Å². The molecular formula is C21H36N4. The summed E-state index contributed by atoms with van der Waals surface area (Å²) in [6.45, 7) is 10.7. The Morgan fingerprint density at radius 1 is 1.08 bits per heavy atom. The van der Waals surface area contributed by atoms with Gasteiger partial charge in [-0.1, -0.05) is 43.0 Å². The predicted molar refractivity (Wildman–Crippen MR) is 111 cm³/mol. The van der Waals surface area contributed by atoms with Crippen LogP contribution in [0.15, 0.2) is 36.9 Å². The van der Waals surface area contributed by atoms with E-state index >= 15 is 0 Å². The minimum absolute atomic E-state index is 0.0507. The molecule has 0 amide bonds. The van der Waals surface area contributed by atoms with Gasteiger partial charge in [-0.2, -0.15) is 0 Å². The maximum atomic E-state index is 6.43. The van der Waals surface area contributed by atoms with Gasteiger partial charge in [0.2, 0.25) is 0 Å². The van der Waals surface area contributed by atoms with Crippen LogP contribution >= 0.6 is 0 Å². The lowest BCUT2D eigenvalue weighted by molar-refractivity contribution is 0.545. The van der Waals surface area contributed by atoms with Crippen molar-refractivity contribution in [2.24, 2.45) is 11.5 Å². The molecule has 0 fully saturated rings. The molecule has 0 aliphatic rings. The Bertz CT molecular complexity index is 511. The second-order valence-electron chi connectivity index (χ2n) is 6.42. The monoisotopic (exact) mass is 344 g/mol. The first-order chi connectivity index (χ1) is 12.2.